The first kappa shape index (κ1) is 17.8. The Morgan fingerprint density at radius 3 is 2.50 bits per heavy atom. The Kier molecular flexibility index (Phi) is 4.39. The fraction of sp³-hybridized carbons (Fsp3) is 0.294. The summed E-state index contributed by atoms with van der Waals surface area (Å²) in [5.74, 6) is 0.452. The fourth-order valence-corrected chi connectivity index (χ4v) is 2.76. The second-order valence-electron chi connectivity index (χ2n) is 6.04. The molecule has 3 aromatic rings. The van der Waals surface area contributed by atoms with Crippen LogP contribution in [0.1, 0.15) is 35.5 Å². The van der Waals surface area contributed by atoms with Crippen LogP contribution in [0, 0.1) is 13.8 Å². The van der Waals surface area contributed by atoms with Crippen LogP contribution in [-0.4, -0.2) is 25.0 Å². The first-order chi connectivity index (χ1) is 12.1. The van der Waals surface area contributed by atoms with E-state index in [2.05, 4.69) is 20.3 Å². The lowest BCUT2D eigenvalue weighted by atomic mass is 10.00. The predicted molar refractivity (Wildman–Crippen MR) is 88.6 cm³/mol. The minimum Gasteiger partial charge on any atom is -0.311 e. The van der Waals surface area contributed by atoms with Gasteiger partial charge in [-0.2, -0.15) is 13.2 Å². The van der Waals surface area contributed by atoms with Crippen molar-refractivity contribution >= 4 is 0 Å². The maximum atomic E-state index is 12.8. The Labute approximate surface area is 146 Å². The number of nitrogens with zero attached hydrogens (tertiary/aromatic N) is 4. The number of aryl methyl sites for hydroxylation is 2. The van der Waals surface area contributed by atoms with Crippen molar-refractivity contribution in [3.8, 4) is 11.4 Å². The number of alkyl halides is 3. The van der Waals surface area contributed by atoms with E-state index in [0.717, 1.165) is 12.1 Å². The number of H-pyrrole nitrogens is 1. The summed E-state index contributed by atoms with van der Waals surface area (Å²) >= 11 is 0. The van der Waals surface area contributed by atoms with E-state index >= 15 is 0 Å². The third-order valence-corrected chi connectivity index (χ3v) is 4.08. The molecule has 1 N–H and O–H groups in total. The SMILES string of the molecule is Cc1nc(-c2cn([C@H](C)c3ccc(C(F)(F)F)cc3C)nn2)cc(=O)[nH]1. The summed E-state index contributed by atoms with van der Waals surface area (Å²) in [4.78, 5) is 18.3. The van der Waals surface area contributed by atoms with E-state index in [1.165, 1.54) is 16.8 Å². The van der Waals surface area contributed by atoms with Gasteiger partial charge in [-0.15, -0.1) is 5.10 Å². The van der Waals surface area contributed by atoms with Gasteiger partial charge in [-0.1, -0.05) is 11.3 Å². The number of hydrogen-bond acceptors (Lipinski definition) is 4. The van der Waals surface area contributed by atoms with Gasteiger partial charge >= 0.3 is 6.18 Å². The molecule has 0 unspecified atom stereocenters. The van der Waals surface area contributed by atoms with E-state index in [4.69, 9.17) is 0 Å². The Morgan fingerprint density at radius 2 is 1.88 bits per heavy atom. The van der Waals surface area contributed by atoms with Gasteiger partial charge in [0, 0.05) is 6.07 Å². The van der Waals surface area contributed by atoms with Crippen LogP contribution in [0.5, 0.6) is 0 Å². The molecule has 2 aromatic heterocycles. The number of aromatic amines is 1. The minimum atomic E-state index is -4.38. The summed E-state index contributed by atoms with van der Waals surface area (Å²) in [7, 11) is 0. The van der Waals surface area contributed by atoms with Crippen LogP contribution >= 0.6 is 0 Å². The summed E-state index contributed by atoms with van der Waals surface area (Å²) in [6, 6.07) is 4.60. The van der Waals surface area contributed by atoms with Gasteiger partial charge in [-0.05, 0) is 44.0 Å². The highest BCUT2D eigenvalue weighted by molar-refractivity contribution is 5.51. The molecule has 3 rings (SSSR count). The zero-order valence-electron chi connectivity index (χ0n) is 14.3. The molecular weight excluding hydrogens is 347 g/mol. The summed E-state index contributed by atoms with van der Waals surface area (Å²) in [6.45, 7) is 5.09. The van der Waals surface area contributed by atoms with Crippen molar-refractivity contribution in [2.45, 2.75) is 33.0 Å². The van der Waals surface area contributed by atoms with Crippen LogP contribution < -0.4 is 5.56 Å². The minimum absolute atomic E-state index is 0.298. The van der Waals surface area contributed by atoms with Gasteiger partial charge in [0.05, 0.1) is 23.5 Å². The summed E-state index contributed by atoms with van der Waals surface area (Å²) in [6.07, 6.45) is -2.76. The maximum absolute atomic E-state index is 12.8. The lowest BCUT2D eigenvalue weighted by Crippen LogP contribution is -2.11. The molecule has 0 radical (unpaired) electrons. The van der Waals surface area contributed by atoms with Crippen molar-refractivity contribution in [1.29, 1.82) is 0 Å². The first-order valence-corrected chi connectivity index (χ1v) is 7.83. The molecule has 0 spiro atoms. The van der Waals surface area contributed by atoms with Gasteiger partial charge in [0.25, 0.3) is 5.56 Å². The number of hydrogen-bond donors (Lipinski definition) is 1. The molecule has 0 aliphatic carbocycles. The van der Waals surface area contributed by atoms with Crippen LogP contribution in [0.3, 0.4) is 0 Å². The molecule has 0 fully saturated rings. The second-order valence-corrected chi connectivity index (χ2v) is 6.04. The fourth-order valence-electron chi connectivity index (χ4n) is 2.76. The van der Waals surface area contributed by atoms with E-state index in [9.17, 15) is 18.0 Å². The lowest BCUT2D eigenvalue weighted by Gasteiger charge is -2.16. The van der Waals surface area contributed by atoms with Crippen molar-refractivity contribution < 1.29 is 13.2 Å². The molecule has 9 heteroatoms. The van der Waals surface area contributed by atoms with Crippen LogP contribution in [0.15, 0.2) is 35.3 Å². The van der Waals surface area contributed by atoms with Gasteiger partial charge < -0.3 is 4.98 Å². The van der Waals surface area contributed by atoms with Crippen molar-refractivity contribution in [2.75, 3.05) is 0 Å². The van der Waals surface area contributed by atoms with Crippen molar-refractivity contribution in [3.63, 3.8) is 0 Å². The third kappa shape index (κ3) is 3.51. The number of aromatic nitrogens is 5. The van der Waals surface area contributed by atoms with Crippen molar-refractivity contribution in [3.05, 3.63) is 63.3 Å². The van der Waals surface area contributed by atoms with E-state index in [0.29, 0.717) is 28.3 Å². The van der Waals surface area contributed by atoms with Crippen LogP contribution in [-0.2, 0) is 6.18 Å². The van der Waals surface area contributed by atoms with Gasteiger partial charge in [0.15, 0.2) is 0 Å². The molecule has 0 bridgehead atoms. The van der Waals surface area contributed by atoms with E-state index in [1.54, 1.807) is 20.0 Å². The van der Waals surface area contributed by atoms with Crippen molar-refractivity contribution in [2.24, 2.45) is 0 Å². The molecule has 0 saturated heterocycles. The molecular formula is C17H16F3N5O. The van der Waals surface area contributed by atoms with Gasteiger partial charge in [-0.3, -0.25) is 4.79 Å². The summed E-state index contributed by atoms with van der Waals surface area (Å²) in [5.41, 5.74) is 1.02. The summed E-state index contributed by atoms with van der Waals surface area (Å²) < 4.78 is 40.0. The van der Waals surface area contributed by atoms with Crippen LogP contribution in [0.25, 0.3) is 11.4 Å². The lowest BCUT2D eigenvalue weighted by molar-refractivity contribution is -0.137. The van der Waals surface area contributed by atoms with Crippen LogP contribution in [0.4, 0.5) is 13.2 Å². The largest absolute Gasteiger partial charge is 0.416 e. The molecule has 0 amide bonds. The highest BCUT2D eigenvalue weighted by Gasteiger charge is 2.31. The smallest absolute Gasteiger partial charge is 0.311 e. The quantitative estimate of drug-likeness (QED) is 0.775. The molecule has 0 aliphatic rings. The number of nitrogens with one attached hydrogen (secondary N) is 1. The van der Waals surface area contributed by atoms with Gasteiger partial charge in [0.2, 0.25) is 0 Å². The molecule has 0 saturated carbocycles. The summed E-state index contributed by atoms with van der Waals surface area (Å²) in [5, 5.41) is 8.05. The molecule has 1 atom stereocenters. The Hall–Kier alpha value is -2.97. The molecule has 26 heavy (non-hydrogen) atoms. The predicted octanol–water partition coefficient (Wildman–Crippen LogP) is 3.27. The Bertz CT molecular complexity index is 1010. The molecule has 1 aromatic carbocycles. The first-order valence-electron chi connectivity index (χ1n) is 7.83. The van der Waals surface area contributed by atoms with E-state index in [1.807, 2.05) is 6.92 Å². The van der Waals surface area contributed by atoms with Gasteiger partial charge in [-0.25, -0.2) is 9.67 Å². The zero-order chi connectivity index (χ0) is 19.1. The highest BCUT2D eigenvalue weighted by atomic mass is 19.4. The molecule has 0 aliphatic heterocycles. The normalized spacial score (nSPS) is 13.0. The Balaban J connectivity index is 1.93. The monoisotopic (exact) mass is 363 g/mol. The number of benzene rings is 1. The molecule has 2 heterocycles. The average Bonchev–Trinajstić information content (AvgIpc) is 3.02. The van der Waals surface area contributed by atoms with E-state index in [-0.39, 0.29) is 11.6 Å². The molecule has 6 nitrogen and oxygen atoms in total. The topological polar surface area (TPSA) is 76.5 Å². The number of halogens is 3. The molecule has 136 valence electrons. The average molecular weight is 363 g/mol. The van der Waals surface area contributed by atoms with E-state index < -0.39 is 11.7 Å². The van der Waals surface area contributed by atoms with Gasteiger partial charge in [0.1, 0.15) is 11.5 Å². The maximum Gasteiger partial charge on any atom is 0.416 e. The standard InChI is InChI=1S/C17H16F3N5O/c1-9-6-12(17(18,19)20)4-5-13(9)10(2)25-8-15(23-24-25)14-7-16(26)22-11(3)21-14/h4-8,10H,1-3H3,(H,21,22,26)/t10-/m1/s1. The van der Waals surface area contributed by atoms with Crippen LogP contribution in [0.2, 0.25) is 0 Å². The third-order valence-electron chi connectivity index (χ3n) is 4.08. The second kappa shape index (κ2) is 6.40. The number of rotatable bonds is 3. The Morgan fingerprint density at radius 1 is 1.15 bits per heavy atom. The van der Waals surface area contributed by atoms with Crippen molar-refractivity contribution in [1.82, 2.24) is 25.0 Å². The zero-order valence-corrected chi connectivity index (χ0v) is 14.3. The highest BCUT2D eigenvalue weighted by Crippen LogP contribution is 2.32.